The number of imidazole rings is 1. The molecular weight excluding hydrogens is 188 g/mol. The molecule has 0 aliphatic rings. The molecule has 0 fully saturated rings. The second-order valence-electron chi connectivity index (χ2n) is 2.49. The average molecular weight is 195 g/mol. The van der Waals surface area contributed by atoms with Crippen LogP contribution >= 0.6 is 12.4 Å². The van der Waals surface area contributed by atoms with Gasteiger partial charge in [0.1, 0.15) is 11.6 Å². The van der Waals surface area contributed by atoms with Gasteiger partial charge in [-0.15, -0.1) is 12.4 Å². The maximum Gasteiger partial charge on any atom is 0.168 e. The Kier molecular flexibility index (Phi) is 2.49. The highest BCUT2D eigenvalue weighted by atomic mass is 35.5. The minimum Gasteiger partial charge on any atom is -0.334 e. The monoisotopic (exact) mass is 194 g/mol. The maximum atomic E-state index is 8.68. The van der Waals surface area contributed by atoms with Crippen molar-refractivity contribution in [3.05, 3.63) is 24.3 Å². The van der Waals surface area contributed by atoms with E-state index in [2.05, 4.69) is 9.97 Å². The highest BCUT2D eigenvalue weighted by Crippen LogP contribution is 2.12. The van der Waals surface area contributed by atoms with E-state index in [9.17, 15) is 0 Å². The molecule has 0 atom stereocenters. The van der Waals surface area contributed by atoms with Crippen molar-refractivity contribution < 1.29 is 0 Å². The van der Waals surface area contributed by atoms with Crippen LogP contribution in [0.15, 0.2) is 18.6 Å². The van der Waals surface area contributed by atoms with Crippen molar-refractivity contribution in [1.29, 1.82) is 5.26 Å². The number of pyridine rings is 1. The third kappa shape index (κ3) is 1.34. The van der Waals surface area contributed by atoms with Crippen molar-refractivity contribution in [3.8, 4) is 6.07 Å². The summed E-state index contributed by atoms with van der Waals surface area (Å²) in [6.07, 6.45) is 3.29. The van der Waals surface area contributed by atoms with Crippen molar-refractivity contribution >= 4 is 23.4 Å². The summed E-state index contributed by atoms with van der Waals surface area (Å²) in [7, 11) is 1.89. The lowest BCUT2D eigenvalue weighted by molar-refractivity contribution is 0.947. The molecule has 2 heterocycles. The largest absolute Gasteiger partial charge is 0.334 e. The first-order valence-electron chi connectivity index (χ1n) is 3.49. The number of nitriles is 1. The molecule has 66 valence electrons. The van der Waals surface area contributed by atoms with Crippen LogP contribution in [0.3, 0.4) is 0 Å². The first kappa shape index (κ1) is 9.49. The number of hydrogen-bond donors (Lipinski definition) is 0. The first-order valence-corrected chi connectivity index (χ1v) is 3.49. The van der Waals surface area contributed by atoms with E-state index in [1.54, 1.807) is 12.5 Å². The zero-order valence-electron chi connectivity index (χ0n) is 6.93. The average Bonchev–Trinajstić information content (AvgIpc) is 2.48. The highest BCUT2D eigenvalue weighted by Gasteiger charge is 2.04. The summed E-state index contributed by atoms with van der Waals surface area (Å²) in [6, 6.07) is 3.83. The third-order valence-corrected chi connectivity index (χ3v) is 1.75. The topological polar surface area (TPSA) is 54.5 Å². The zero-order chi connectivity index (χ0) is 8.55. The molecule has 2 rings (SSSR count). The third-order valence-electron chi connectivity index (χ3n) is 1.75. The number of halogens is 1. The molecule has 0 radical (unpaired) electrons. The Morgan fingerprint density at radius 1 is 1.46 bits per heavy atom. The van der Waals surface area contributed by atoms with Gasteiger partial charge < -0.3 is 4.57 Å². The summed E-state index contributed by atoms with van der Waals surface area (Å²) in [5.74, 6) is 0. The van der Waals surface area contributed by atoms with Gasteiger partial charge in [0.05, 0.1) is 11.8 Å². The minimum absolute atomic E-state index is 0. The van der Waals surface area contributed by atoms with Gasteiger partial charge >= 0.3 is 0 Å². The standard InChI is InChI=1S/C8H6N4.ClH/c1-12-5-11-8-6(4-9)10-3-2-7(8)12;/h2-3,5H,1H3;1H. The van der Waals surface area contributed by atoms with Gasteiger partial charge in [0.2, 0.25) is 0 Å². The number of fused-ring (bicyclic) bond motifs is 1. The molecule has 0 bridgehead atoms. The lowest BCUT2D eigenvalue weighted by Crippen LogP contribution is -1.86. The number of aromatic nitrogens is 3. The number of rotatable bonds is 0. The summed E-state index contributed by atoms with van der Waals surface area (Å²) >= 11 is 0. The molecule has 0 aliphatic heterocycles. The molecule has 0 saturated heterocycles. The van der Waals surface area contributed by atoms with E-state index in [1.807, 2.05) is 23.8 Å². The predicted molar refractivity (Wildman–Crippen MR) is 50.5 cm³/mol. The van der Waals surface area contributed by atoms with E-state index >= 15 is 0 Å². The van der Waals surface area contributed by atoms with E-state index in [0.29, 0.717) is 11.2 Å². The van der Waals surface area contributed by atoms with Gasteiger partial charge in [-0.2, -0.15) is 5.26 Å². The molecule has 0 spiro atoms. The maximum absolute atomic E-state index is 8.68. The second-order valence-corrected chi connectivity index (χ2v) is 2.49. The van der Waals surface area contributed by atoms with Crippen LogP contribution in [0.2, 0.25) is 0 Å². The van der Waals surface area contributed by atoms with Crippen LogP contribution in [0.4, 0.5) is 0 Å². The Balaban J connectivity index is 0.000000845. The molecule has 4 nitrogen and oxygen atoms in total. The van der Waals surface area contributed by atoms with Gasteiger partial charge in [-0.1, -0.05) is 0 Å². The van der Waals surface area contributed by atoms with Crippen molar-refractivity contribution in [2.45, 2.75) is 0 Å². The van der Waals surface area contributed by atoms with Gasteiger partial charge in [0.25, 0.3) is 0 Å². The fraction of sp³-hybridized carbons (Fsp3) is 0.125. The second kappa shape index (κ2) is 3.42. The molecule has 2 aromatic heterocycles. The minimum atomic E-state index is 0. The molecule has 0 amide bonds. The van der Waals surface area contributed by atoms with Crippen LogP contribution in [0.1, 0.15) is 5.69 Å². The summed E-state index contributed by atoms with van der Waals surface area (Å²) in [4.78, 5) is 7.97. The van der Waals surface area contributed by atoms with Crippen molar-refractivity contribution in [1.82, 2.24) is 14.5 Å². The van der Waals surface area contributed by atoms with Crippen molar-refractivity contribution in [3.63, 3.8) is 0 Å². The van der Waals surface area contributed by atoms with E-state index in [4.69, 9.17) is 5.26 Å². The van der Waals surface area contributed by atoms with Crippen LogP contribution in [-0.2, 0) is 7.05 Å². The summed E-state index contributed by atoms with van der Waals surface area (Å²) < 4.78 is 1.86. The van der Waals surface area contributed by atoms with Crippen LogP contribution in [0.5, 0.6) is 0 Å². The SMILES string of the molecule is Cl.Cn1cnc2c(C#N)nccc21. The van der Waals surface area contributed by atoms with Crippen LogP contribution < -0.4 is 0 Å². The number of nitrogens with zero attached hydrogens (tertiary/aromatic N) is 4. The molecule has 0 aliphatic carbocycles. The van der Waals surface area contributed by atoms with Crippen LogP contribution in [-0.4, -0.2) is 14.5 Å². The predicted octanol–water partition coefficient (Wildman–Crippen LogP) is 1.26. The van der Waals surface area contributed by atoms with Gasteiger partial charge in [-0.25, -0.2) is 9.97 Å². The number of aryl methyl sites for hydroxylation is 1. The molecule has 0 N–H and O–H groups in total. The first-order chi connectivity index (χ1) is 5.83. The summed E-state index contributed by atoms with van der Waals surface area (Å²) in [6.45, 7) is 0. The summed E-state index contributed by atoms with van der Waals surface area (Å²) in [5, 5.41) is 8.68. The Hall–Kier alpha value is -1.60. The van der Waals surface area contributed by atoms with E-state index < -0.39 is 0 Å². The molecule has 0 saturated carbocycles. The van der Waals surface area contributed by atoms with E-state index in [1.165, 1.54) is 0 Å². The van der Waals surface area contributed by atoms with Crippen molar-refractivity contribution in [2.75, 3.05) is 0 Å². The van der Waals surface area contributed by atoms with E-state index in [-0.39, 0.29) is 12.4 Å². The van der Waals surface area contributed by atoms with Crippen molar-refractivity contribution in [2.24, 2.45) is 7.05 Å². The fourth-order valence-electron chi connectivity index (χ4n) is 1.14. The highest BCUT2D eigenvalue weighted by molar-refractivity contribution is 5.85. The molecule has 0 aromatic carbocycles. The van der Waals surface area contributed by atoms with Gasteiger partial charge in [0, 0.05) is 13.2 Å². The molecule has 5 heteroatoms. The summed E-state index contributed by atoms with van der Waals surface area (Å²) in [5.41, 5.74) is 1.98. The molecular formula is C8H7ClN4. The Morgan fingerprint density at radius 3 is 2.92 bits per heavy atom. The fourth-order valence-corrected chi connectivity index (χ4v) is 1.14. The lowest BCUT2D eigenvalue weighted by atomic mass is 10.3. The van der Waals surface area contributed by atoms with Crippen LogP contribution in [0.25, 0.3) is 11.0 Å². The quantitative estimate of drug-likeness (QED) is 0.635. The number of hydrogen-bond acceptors (Lipinski definition) is 3. The van der Waals surface area contributed by atoms with Gasteiger partial charge in [-0.3, -0.25) is 0 Å². The van der Waals surface area contributed by atoms with E-state index in [0.717, 1.165) is 5.52 Å². The lowest BCUT2D eigenvalue weighted by Gasteiger charge is -1.92. The normalized spacial score (nSPS) is 9.23. The Bertz CT molecular complexity index is 468. The zero-order valence-corrected chi connectivity index (χ0v) is 7.75. The molecule has 13 heavy (non-hydrogen) atoms. The Labute approximate surface area is 81.2 Å². The molecule has 2 aromatic rings. The Morgan fingerprint density at radius 2 is 2.23 bits per heavy atom. The van der Waals surface area contributed by atoms with Crippen LogP contribution in [0, 0.1) is 11.3 Å². The smallest absolute Gasteiger partial charge is 0.168 e. The molecule has 0 unspecified atom stereocenters. The van der Waals surface area contributed by atoms with Gasteiger partial charge in [0.15, 0.2) is 5.69 Å². The van der Waals surface area contributed by atoms with Gasteiger partial charge in [-0.05, 0) is 6.07 Å².